The largest absolute Gasteiger partial charge is 0.388 e. The Balaban J connectivity index is 1.64. The van der Waals surface area contributed by atoms with E-state index in [0.717, 1.165) is 24.2 Å². The molecule has 110 valence electrons. The molecule has 1 atom stereocenters. The molecule has 0 saturated carbocycles. The smallest absolute Gasteiger partial charge is 0.125 e. The van der Waals surface area contributed by atoms with Gasteiger partial charge < -0.3 is 10.0 Å². The van der Waals surface area contributed by atoms with Crippen molar-refractivity contribution in [2.24, 2.45) is 0 Å². The van der Waals surface area contributed by atoms with Crippen molar-refractivity contribution in [3.63, 3.8) is 0 Å². The standard InChI is InChI=1S/C17H17F2NO/c18-14-4-2-13(3-5-14)17(21)8-10-20-9-7-12-1-6-15(19)11-16(12)20/h1-6,11,17,21H,7-10H2. The van der Waals surface area contributed by atoms with Gasteiger partial charge in [0.1, 0.15) is 11.6 Å². The Bertz CT molecular complexity index is 627. The van der Waals surface area contributed by atoms with Gasteiger partial charge in [-0.3, -0.25) is 0 Å². The number of nitrogens with zero attached hydrogens (tertiary/aromatic N) is 1. The minimum Gasteiger partial charge on any atom is -0.388 e. The first-order valence-corrected chi connectivity index (χ1v) is 7.10. The molecule has 1 unspecified atom stereocenters. The van der Waals surface area contributed by atoms with Crippen molar-refractivity contribution in [1.29, 1.82) is 0 Å². The molecular formula is C17H17F2NO. The van der Waals surface area contributed by atoms with Gasteiger partial charge in [0.05, 0.1) is 6.10 Å². The number of aliphatic hydroxyl groups excluding tert-OH is 1. The molecule has 3 rings (SSSR count). The Morgan fingerprint density at radius 2 is 1.76 bits per heavy atom. The quantitative estimate of drug-likeness (QED) is 0.932. The molecule has 0 fully saturated rings. The predicted octanol–water partition coefficient (Wildman–Crippen LogP) is 3.45. The summed E-state index contributed by atoms with van der Waals surface area (Å²) in [5.74, 6) is -0.547. The highest BCUT2D eigenvalue weighted by atomic mass is 19.1. The van der Waals surface area contributed by atoms with Crippen LogP contribution in [0, 0.1) is 11.6 Å². The third-order valence-corrected chi connectivity index (χ3v) is 3.97. The fourth-order valence-electron chi connectivity index (χ4n) is 2.78. The van der Waals surface area contributed by atoms with Crippen molar-refractivity contribution >= 4 is 5.69 Å². The maximum Gasteiger partial charge on any atom is 0.125 e. The van der Waals surface area contributed by atoms with Crippen molar-refractivity contribution in [1.82, 2.24) is 0 Å². The number of halogens is 2. The van der Waals surface area contributed by atoms with E-state index in [1.165, 1.54) is 18.2 Å². The van der Waals surface area contributed by atoms with Crippen LogP contribution in [0.15, 0.2) is 42.5 Å². The van der Waals surface area contributed by atoms with Gasteiger partial charge in [-0.15, -0.1) is 0 Å². The molecule has 0 saturated heterocycles. The van der Waals surface area contributed by atoms with Gasteiger partial charge in [-0.2, -0.15) is 0 Å². The summed E-state index contributed by atoms with van der Waals surface area (Å²) in [4.78, 5) is 2.09. The van der Waals surface area contributed by atoms with Crippen LogP contribution in [-0.2, 0) is 6.42 Å². The average Bonchev–Trinajstić information content (AvgIpc) is 2.88. The molecule has 1 aliphatic rings. The molecule has 4 heteroatoms. The normalized spacial score (nSPS) is 15.1. The minimum absolute atomic E-state index is 0.236. The lowest BCUT2D eigenvalue weighted by Crippen LogP contribution is -2.23. The van der Waals surface area contributed by atoms with Crippen molar-refractivity contribution in [3.05, 3.63) is 65.2 Å². The Kier molecular flexibility index (Phi) is 3.88. The summed E-state index contributed by atoms with van der Waals surface area (Å²) in [5.41, 5.74) is 2.77. The first-order valence-electron chi connectivity index (χ1n) is 7.10. The Hall–Kier alpha value is -1.94. The molecule has 2 aromatic rings. The summed E-state index contributed by atoms with van der Waals surface area (Å²) in [6.45, 7) is 1.49. The van der Waals surface area contributed by atoms with E-state index in [0.29, 0.717) is 18.5 Å². The van der Waals surface area contributed by atoms with Gasteiger partial charge in [-0.05, 0) is 48.2 Å². The van der Waals surface area contributed by atoms with Crippen molar-refractivity contribution < 1.29 is 13.9 Å². The van der Waals surface area contributed by atoms with Crippen LogP contribution in [0.3, 0.4) is 0 Å². The van der Waals surface area contributed by atoms with E-state index >= 15 is 0 Å². The predicted molar refractivity (Wildman–Crippen MR) is 78.3 cm³/mol. The second-order valence-corrected chi connectivity index (χ2v) is 5.37. The molecule has 21 heavy (non-hydrogen) atoms. The van der Waals surface area contributed by atoms with Gasteiger partial charge in [0.25, 0.3) is 0 Å². The van der Waals surface area contributed by atoms with Gasteiger partial charge in [0, 0.05) is 18.8 Å². The van der Waals surface area contributed by atoms with Crippen molar-refractivity contribution in [2.75, 3.05) is 18.0 Å². The van der Waals surface area contributed by atoms with Crippen LogP contribution in [0.1, 0.15) is 23.7 Å². The van der Waals surface area contributed by atoms with Crippen LogP contribution in [0.25, 0.3) is 0 Å². The van der Waals surface area contributed by atoms with Crippen LogP contribution in [0.5, 0.6) is 0 Å². The van der Waals surface area contributed by atoms with E-state index in [4.69, 9.17) is 0 Å². The maximum absolute atomic E-state index is 13.3. The van der Waals surface area contributed by atoms with Gasteiger partial charge >= 0.3 is 0 Å². The molecule has 0 bridgehead atoms. The molecule has 1 N–H and O–H groups in total. The van der Waals surface area contributed by atoms with Crippen molar-refractivity contribution in [2.45, 2.75) is 18.9 Å². The third-order valence-electron chi connectivity index (χ3n) is 3.97. The lowest BCUT2D eigenvalue weighted by Gasteiger charge is -2.21. The highest BCUT2D eigenvalue weighted by Crippen LogP contribution is 2.29. The summed E-state index contributed by atoms with van der Waals surface area (Å²) in [5, 5.41) is 10.2. The van der Waals surface area contributed by atoms with Crippen LogP contribution in [0.4, 0.5) is 14.5 Å². The fourth-order valence-corrected chi connectivity index (χ4v) is 2.78. The van der Waals surface area contributed by atoms with E-state index in [-0.39, 0.29) is 11.6 Å². The zero-order valence-electron chi connectivity index (χ0n) is 11.6. The number of aliphatic hydroxyl groups is 1. The second kappa shape index (κ2) is 5.82. The van der Waals surface area contributed by atoms with Crippen LogP contribution in [-0.4, -0.2) is 18.2 Å². The number of rotatable bonds is 4. The van der Waals surface area contributed by atoms with E-state index in [1.54, 1.807) is 18.2 Å². The monoisotopic (exact) mass is 289 g/mol. The van der Waals surface area contributed by atoms with Gasteiger partial charge in [-0.25, -0.2) is 8.78 Å². The summed E-state index contributed by atoms with van der Waals surface area (Å²) in [6.07, 6.45) is 0.798. The van der Waals surface area contributed by atoms with Gasteiger partial charge in [0.15, 0.2) is 0 Å². The van der Waals surface area contributed by atoms with Crippen molar-refractivity contribution in [3.8, 4) is 0 Å². The van der Waals surface area contributed by atoms with Crippen LogP contribution in [0.2, 0.25) is 0 Å². The number of fused-ring (bicyclic) bond motifs is 1. The molecule has 2 aromatic carbocycles. The molecule has 0 spiro atoms. The molecule has 0 amide bonds. The second-order valence-electron chi connectivity index (χ2n) is 5.37. The zero-order chi connectivity index (χ0) is 14.8. The van der Waals surface area contributed by atoms with Gasteiger partial charge in [0.2, 0.25) is 0 Å². The number of anilines is 1. The first kappa shape index (κ1) is 14.0. The molecule has 1 heterocycles. The minimum atomic E-state index is -0.636. The summed E-state index contributed by atoms with van der Waals surface area (Å²) < 4.78 is 26.2. The lowest BCUT2D eigenvalue weighted by atomic mass is 10.1. The molecule has 2 nitrogen and oxygen atoms in total. The van der Waals surface area contributed by atoms with E-state index in [2.05, 4.69) is 4.90 Å². The Labute approximate surface area is 122 Å². The average molecular weight is 289 g/mol. The topological polar surface area (TPSA) is 23.5 Å². The Morgan fingerprint density at radius 1 is 1.05 bits per heavy atom. The summed E-state index contributed by atoms with van der Waals surface area (Å²) >= 11 is 0. The molecule has 0 aliphatic carbocycles. The highest BCUT2D eigenvalue weighted by molar-refractivity contribution is 5.58. The highest BCUT2D eigenvalue weighted by Gasteiger charge is 2.20. The lowest BCUT2D eigenvalue weighted by molar-refractivity contribution is 0.169. The van der Waals surface area contributed by atoms with Crippen LogP contribution < -0.4 is 4.90 Å². The van der Waals surface area contributed by atoms with E-state index < -0.39 is 6.10 Å². The fraction of sp³-hybridized carbons (Fsp3) is 0.294. The SMILES string of the molecule is OC(CCN1CCc2ccc(F)cc21)c1ccc(F)cc1. The Morgan fingerprint density at radius 3 is 2.52 bits per heavy atom. The van der Waals surface area contributed by atoms with E-state index in [1.807, 2.05) is 6.07 Å². The van der Waals surface area contributed by atoms with E-state index in [9.17, 15) is 13.9 Å². The number of benzene rings is 2. The molecule has 1 aliphatic heterocycles. The summed E-state index contributed by atoms with van der Waals surface area (Å²) in [7, 11) is 0. The summed E-state index contributed by atoms with van der Waals surface area (Å²) in [6, 6.07) is 10.7. The third kappa shape index (κ3) is 3.05. The number of hydrogen-bond acceptors (Lipinski definition) is 2. The zero-order valence-corrected chi connectivity index (χ0v) is 11.6. The first-order chi connectivity index (χ1) is 10.1. The molecule has 0 aromatic heterocycles. The van der Waals surface area contributed by atoms with Crippen LogP contribution >= 0.6 is 0 Å². The molecular weight excluding hydrogens is 272 g/mol. The number of hydrogen-bond donors (Lipinski definition) is 1. The molecule has 0 radical (unpaired) electrons. The van der Waals surface area contributed by atoms with Gasteiger partial charge in [-0.1, -0.05) is 18.2 Å². The maximum atomic E-state index is 13.3.